The number of thiophene rings is 1. The van der Waals surface area contributed by atoms with Crippen molar-refractivity contribution in [1.82, 2.24) is 9.13 Å². The largest absolute Gasteiger partial charge is 0.454 e. The van der Waals surface area contributed by atoms with E-state index in [-0.39, 0.29) is 17.9 Å². The Balaban J connectivity index is 0.979. The van der Waals surface area contributed by atoms with E-state index in [9.17, 15) is 0 Å². The first-order valence-corrected chi connectivity index (χ1v) is 26.5. The quantitative estimate of drug-likeness (QED) is 0.169. The Morgan fingerprint density at radius 3 is 2.01 bits per heavy atom. The number of aromatic nitrogens is 2. The highest BCUT2D eigenvalue weighted by Gasteiger charge is 2.30. The normalized spacial score (nSPS) is 18.2. The van der Waals surface area contributed by atoms with Crippen LogP contribution in [0.5, 0.6) is 0 Å². The van der Waals surface area contributed by atoms with E-state index >= 15 is 0 Å². The maximum Gasteiger partial charge on any atom is 0.159 e. The highest BCUT2D eigenvalue weighted by atomic mass is 32.1. The molecule has 0 saturated heterocycles. The molecule has 1 aliphatic heterocycles. The molecule has 0 aliphatic carbocycles. The Morgan fingerprint density at radius 2 is 1.18 bits per heavy atom. The van der Waals surface area contributed by atoms with Gasteiger partial charge in [0.1, 0.15) is 5.58 Å². The lowest BCUT2D eigenvalue weighted by atomic mass is 9.86. The van der Waals surface area contributed by atoms with E-state index in [4.69, 9.17) is 9.41 Å². The lowest BCUT2D eigenvalue weighted by Crippen LogP contribution is -2.17. The molecule has 4 nitrogen and oxygen atoms in total. The predicted octanol–water partition coefficient (Wildman–Crippen LogP) is 19.0. The molecule has 5 heterocycles. The van der Waals surface area contributed by atoms with E-state index < -0.39 is 0 Å². The fourth-order valence-electron chi connectivity index (χ4n) is 12.5. The topological polar surface area (TPSA) is 35.4 Å². The van der Waals surface area contributed by atoms with Crippen molar-refractivity contribution in [2.75, 3.05) is 0 Å². The van der Waals surface area contributed by atoms with Crippen LogP contribution in [0.15, 0.2) is 228 Å². The van der Waals surface area contributed by atoms with Crippen LogP contribution in [0.3, 0.4) is 0 Å². The van der Waals surface area contributed by atoms with Gasteiger partial charge in [0.05, 0.1) is 33.8 Å². The van der Waals surface area contributed by atoms with E-state index in [0.29, 0.717) is 0 Å². The number of para-hydroxylation sites is 5. The van der Waals surface area contributed by atoms with Crippen molar-refractivity contribution in [1.29, 1.82) is 0 Å². The zero-order valence-electron chi connectivity index (χ0n) is 40.6. The third-order valence-corrected chi connectivity index (χ3v) is 17.1. The van der Waals surface area contributed by atoms with Crippen molar-refractivity contribution in [3.8, 4) is 11.4 Å². The molecule has 348 valence electrons. The molecule has 0 saturated carbocycles. The van der Waals surface area contributed by atoms with Gasteiger partial charge in [0, 0.05) is 75.4 Å². The molecular formula is C68H49N3OS. The minimum Gasteiger partial charge on any atom is -0.454 e. The minimum atomic E-state index is -0.135. The molecule has 0 spiro atoms. The smallest absolute Gasteiger partial charge is 0.159 e. The lowest BCUT2D eigenvalue weighted by Gasteiger charge is -2.25. The average Bonchev–Trinajstić information content (AvgIpc) is 4.22. The third kappa shape index (κ3) is 6.55. The Kier molecular flexibility index (Phi) is 9.55. The molecule has 2 unspecified atom stereocenters. The molecule has 0 radical (unpaired) electrons. The maximum atomic E-state index is 6.98. The van der Waals surface area contributed by atoms with Gasteiger partial charge in [-0.1, -0.05) is 172 Å². The lowest BCUT2D eigenvalue weighted by molar-refractivity contribution is 0.486. The summed E-state index contributed by atoms with van der Waals surface area (Å²) < 4.78 is 14.5. The van der Waals surface area contributed by atoms with Crippen molar-refractivity contribution < 1.29 is 4.42 Å². The number of allylic oxidation sites excluding steroid dienone is 2. The van der Waals surface area contributed by atoms with Gasteiger partial charge in [-0.05, 0) is 107 Å². The summed E-state index contributed by atoms with van der Waals surface area (Å²) in [5, 5.41) is 12.3. The Bertz CT molecular complexity index is 4620. The number of benzene rings is 10. The molecule has 4 aromatic heterocycles. The Labute approximate surface area is 426 Å². The number of aliphatic imine (C=N–C) groups is 1. The second-order valence-electron chi connectivity index (χ2n) is 20.3. The van der Waals surface area contributed by atoms with E-state index in [1.807, 2.05) is 11.3 Å². The molecule has 10 aromatic carbocycles. The van der Waals surface area contributed by atoms with Gasteiger partial charge in [-0.2, -0.15) is 0 Å². The monoisotopic (exact) mass is 955 g/mol. The van der Waals surface area contributed by atoms with Gasteiger partial charge in [0.25, 0.3) is 0 Å². The molecule has 1 aliphatic rings. The predicted molar refractivity (Wildman–Crippen MR) is 310 cm³/mol. The third-order valence-electron chi connectivity index (χ3n) is 15.9. The first-order chi connectivity index (χ1) is 36.0. The summed E-state index contributed by atoms with van der Waals surface area (Å²) in [6.45, 7) is 4.84. The molecule has 0 amide bonds. The van der Waals surface area contributed by atoms with Crippen molar-refractivity contribution in [3.05, 3.63) is 235 Å². The zero-order valence-corrected chi connectivity index (χ0v) is 41.4. The summed E-state index contributed by atoms with van der Waals surface area (Å²) in [5.74, 6) is 0.210. The molecule has 0 N–H and O–H groups in total. The van der Waals surface area contributed by atoms with E-state index in [1.54, 1.807) is 0 Å². The number of nitrogens with zero attached hydrogens (tertiary/aromatic N) is 3. The number of furan rings is 1. The van der Waals surface area contributed by atoms with E-state index in [0.717, 1.165) is 57.4 Å². The van der Waals surface area contributed by atoms with E-state index in [2.05, 4.69) is 241 Å². The first kappa shape index (κ1) is 42.2. The second kappa shape index (κ2) is 16.5. The van der Waals surface area contributed by atoms with Crippen LogP contribution in [-0.2, 0) is 0 Å². The van der Waals surface area contributed by atoms with Crippen molar-refractivity contribution in [3.63, 3.8) is 0 Å². The van der Waals surface area contributed by atoms with E-state index in [1.165, 1.54) is 91.3 Å². The summed E-state index contributed by atoms with van der Waals surface area (Å²) in [4.78, 5) is 6.19. The van der Waals surface area contributed by atoms with Crippen LogP contribution in [0.2, 0.25) is 0 Å². The van der Waals surface area contributed by atoms with Crippen LogP contribution >= 0.6 is 11.3 Å². The standard InChI is InChI=1S/C68H49N3OS/c1-41-34-35-45(46-38-57-50-24-10-14-32-62(50)72-67(57)61(40-46)71-59-31-13-9-23-49(59)56-37-43-18-6-7-19-44(43)39-60(56)71)36-42(2)65(55-29-17-27-53-51-25-11-15-33-63(51)73-68(53)55)69-64(41)54-28-16-26-52-48-22-8-12-30-58(48)70(66(52)54)47-20-4-3-5-21-47/h3-33,35,37-42,65H,34,36H2,1-2H3/b45-35-,69-64+/t41?,42?,65-/m1/s1. The van der Waals surface area contributed by atoms with Crippen LogP contribution in [0.25, 0.3) is 113 Å². The second-order valence-corrected chi connectivity index (χ2v) is 21.3. The van der Waals surface area contributed by atoms with Gasteiger partial charge < -0.3 is 13.6 Å². The van der Waals surface area contributed by atoms with Gasteiger partial charge in [-0.3, -0.25) is 4.99 Å². The van der Waals surface area contributed by atoms with Gasteiger partial charge in [0.2, 0.25) is 0 Å². The van der Waals surface area contributed by atoms with Crippen LogP contribution in [-0.4, -0.2) is 14.8 Å². The number of hydrogen-bond acceptors (Lipinski definition) is 3. The van der Waals surface area contributed by atoms with Crippen LogP contribution in [0.4, 0.5) is 0 Å². The highest BCUT2D eigenvalue weighted by Crippen LogP contribution is 2.47. The first-order valence-electron chi connectivity index (χ1n) is 25.7. The fraction of sp³-hybridized carbons (Fsp3) is 0.103. The van der Waals surface area contributed by atoms with Crippen molar-refractivity contribution in [2.45, 2.75) is 32.7 Å². The molecular weight excluding hydrogens is 907 g/mol. The van der Waals surface area contributed by atoms with Crippen LogP contribution < -0.4 is 0 Å². The number of rotatable bonds is 5. The molecule has 73 heavy (non-hydrogen) atoms. The van der Waals surface area contributed by atoms with Gasteiger partial charge in [0.15, 0.2) is 5.58 Å². The van der Waals surface area contributed by atoms with Crippen LogP contribution in [0, 0.1) is 11.8 Å². The van der Waals surface area contributed by atoms with Gasteiger partial charge in [-0.15, -0.1) is 11.3 Å². The minimum absolute atomic E-state index is 0.0841. The molecule has 14 aromatic rings. The Morgan fingerprint density at radius 1 is 0.521 bits per heavy atom. The number of hydrogen-bond donors (Lipinski definition) is 0. The van der Waals surface area contributed by atoms with Crippen molar-refractivity contribution >= 4 is 119 Å². The average molecular weight is 956 g/mol. The molecule has 15 rings (SSSR count). The van der Waals surface area contributed by atoms with Crippen molar-refractivity contribution in [2.24, 2.45) is 16.8 Å². The molecule has 0 fully saturated rings. The summed E-state index contributed by atoms with van der Waals surface area (Å²) in [6, 6.07) is 77.9. The summed E-state index contributed by atoms with van der Waals surface area (Å²) in [6.07, 6.45) is 4.21. The Hall–Kier alpha value is -8.51. The van der Waals surface area contributed by atoms with Crippen LogP contribution in [0.1, 0.15) is 49.4 Å². The fourth-order valence-corrected chi connectivity index (χ4v) is 13.7. The number of fused-ring (bicyclic) bond motifs is 13. The zero-order chi connectivity index (χ0) is 48.3. The molecule has 5 heteroatoms. The maximum absolute atomic E-state index is 6.98. The summed E-state index contributed by atoms with van der Waals surface area (Å²) in [7, 11) is 0. The molecule has 0 bridgehead atoms. The van der Waals surface area contributed by atoms with Gasteiger partial charge in [-0.25, -0.2) is 0 Å². The highest BCUT2D eigenvalue weighted by molar-refractivity contribution is 7.26. The summed E-state index contributed by atoms with van der Waals surface area (Å²) >= 11 is 1.91. The summed E-state index contributed by atoms with van der Waals surface area (Å²) in [5.41, 5.74) is 14.9. The molecule has 3 atom stereocenters. The SMILES string of the molecule is CC1C/C=C(\c2cc(-n3c4ccccc4c4cc5ccccc5cc43)c3oc4ccccc4c3c2)CC(C)[C@H](c2cccc3c2sc2ccccc23)/N=C\1c1cccc2c3ccccc3n(-c3ccccc3)c12. The van der Waals surface area contributed by atoms with Gasteiger partial charge >= 0.3 is 0 Å².